The number of rotatable bonds is 7. The van der Waals surface area contributed by atoms with Crippen molar-refractivity contribution in [2.75, 3.05) is 20.8 Å². The van der Waals surface area contributed by atoms with E-state index in [9.17, 15) is 8.78 Å². The van der Waals surface area contributed by atoms with Gasteiger partial charge in [-0.15, -0.1) is 0 Å². The summed E-state index contributed by atoms with van der Waals surface area (Å²) in [6.45, 7) is 4.43. The molecular formula is C28H23ClF2N2O3S. The number of hydrogen-bond donors (Lipinski definition) is 0. The molecule has 1 atom stereocenters. The van der Waals surface area contributed by atoms with E-state index in [1.807, 2.05) is 22.8 Å². The van der Waals surface area contributed by atoms with Gasteiger partial charge in [0.15, 0.2) is 16.7 Å². The Bertz CT molecular complexity index is 1450. The molecule has 0 amide bonds. The lowest BCUT2D eigenvalue weighted by atomic mass is 9.99. The van der Waals surface area contributed by atoms with Gasteiger partial charge in [-0.2, -0.15) is 0 Å². The van der Waals surface area contributed by atoms with Gasteiger partial charge in [-0.3, -0.25) is 4.57 Å². The average Bonchev–Trinajstić information content (AvgIpc) is 3.29. The lowest BCUT2D eigenvalue weighted by Crippen LogP contribution is -2.19. The van der Waals surface area contributed by atoms with E-state index in [-0.39, 0.29) is 24.0 Å². The lowest BCUT2D eigenvalue weighted by molar-refractivity contribution is 0.0962. The summed E-state index contributed by atoms with van der Waals surface area (Å²) in [7, 11) is 3.15. The van der Waals surface area contributed by atoms with Crippen molar-refractivity contribution >= 4 is 28.9 Å². The number of hydrogen-bond acceptors (Lipinski definition) is 5. The van der Waals surface area contributed by atoms with Crippen LogP contribution in [0.2, 0.25) is 5.02 Å². The maximum Gasteiger partial charge on any atom is 0.173 e. The highest BCUT2D eigenvalue weighted by Gasteiger charge is 2.33. The van der Waals surface area contributed by atoms with Crippen LogP contribution in [0, 0.1) is 11.6 Å². The number of ether oxygens (including phenoxy) is 3. The third-order valence-corrected chi connectivity index (χ3v) is 7.41. The van der Waals surface area contributed by atoms with Gasteiger partial charge in [0.1, 0.15) is 17.7 Å². The van der Waals surface area contributed by atoms with Gasteiger partial charge >= 0.3 is 0 Å². The molecule has 190 valence electrons. The van der Waals surface area contributed by atoms with E-state index in [0.717, 1.165) is 11.3 Å². The van der Waals surface area contributed by atoms with Crippen LogP contribution in [0.4, 0.5) is 8.78 Å². The van der Waals surface area contributed by atoms with Crippen molar-refractivity contribution in [1.29, 1.82) is 0 Å². The summed E-state index contributed by atoms with van der Waals surface area (Å²) in [5.41, 5.74) is 4.00. The summed E-state index contributed by atoms with van der Waals surface area (Å²) >= 11 is 7.60. The van der Waals surface area contributed by atoms with Crippen LogP contribution in [0.25, 0.3) is 11.3 Å². The van der Waals surface area contributed by atoms with Crippen molar-refractivity contribution in [3.63, 3.8) is 0 Å². The fraction of sp³-hybridized carbons (Fsp3) is 0.179. The lowest BCUT2D eigenvalue weighted by Gasteiger charge is -2.27. The smallest absolute Gasteiger partial charge is 0.173 e. The molecule has 0 spiro atoms. The molecule has 9 heteroatoms. The predicted octanol–water partition coefficient (Wildman–Crippen LogP) is 7.25. The number of fused-ring (bicyclic) bond motifs is 1. The molecule has 0 aliphatic carbocycles. The quantitative estimate of drug-likeness (QED) is 0.231. The molecule has 0 N–H and O–H groups in total. The molecule has 3 aromatic carbocycles. The van der Waals surface area contributed by atoms with E-state index in [1.54, 1.807) is 38.5 Å². The monoisotopic (exact) mass is 540 g/mol. The molecule has 5 nitrogen and oxygen atoms in total. The SMILES string of the molecule is C=C1COC(c2ccc(OC)c(OC)c2)c2c1nc(SCc1c(F)cccc1Cl)n2-c1ccc(F)cc1. The summed E-state index contributed by atoms with van der Waals surface area (Å²) in [6, 6.07) is 16.3. The minimum atomic E-state index is -0.524. The van der Waals surface area contributed by atoms with Crippen molar-refractivity contribution in [3.8, 4) is 17.2 Å². The third-order valence-electron chi connectivity index (χ3n) is 6.09. The van der Waals surface area contributed by atoms with E-state index in [2.05, 4.69) is 6.58 Å². The van der Waals surface area contributed by atoms with E-state index in [0.29, 0.717) is 44.2 Å². The summed E-state index contributed by atoms with van der Waals surface area (Å²) in [6.07, 6.45) is -0.524. The Morgan fingerprint density at radius 3 is 2.54 bits per heavy atom. The van der Waals surface area contributed by atoms with Crippen LogP contribution in [-0.4, -0.2) is 30.4 Å². The maximum absolute atomic E-state index is 14.5. The van der Waals surface area contributed by atoms with Crippen LogP contribution < -0.4 is 9.47 Å². The molecule has 4 aromatic rings. The van der Waals surface area contributed by atoms with Crippen molar-refractivity contribution in [3.05, 3.63) is 106 Å². The Morgan fingerprint density at radius 1 is 1.08 bits per heavy atom. The highest BCUT2D eigenvalue weighted by atomic mass is 35.5. The third kappa shape index (κ3) is 4.84. The van der Waals surface area contributed by atoms with E-state index >= 15 is 0 Å². The molecule has 0 saturated carbocycles. The van der Waals surface area contributed by atoms with Crippen molar-refractivity contribution < 1.29 is 23.0 Å². The van der Waals surface area contributed by atoms with Crippen LogP contribution in [0.5, 0.6) is 11.5 Å². The van der Waals surface area contributed by atoms with E-state index in [4.69, 9.17) is 30.8 Å². The number of imidazole rings is 1. The molecule has 1 aromatic heterocycles. The normalized spacial score (nSPS) is 14.9. The number of halogens is 3. The van der Waals surface area contributed by atoms with Gasteiger partial charge in [0.05, 0.1) is 32.2 Å². The van der Waals surface area contributed by atoms with Gasteiger partial charge in [0, 0.05) is 22.0 Å². The van der Waals surface area contributed by atoms with Crippen LogP contribution in [0.15, 0.2) is 72.4 Å². The number of thioether (sulfide) groups is 1. The Labute approximate surface area is 222 Å². The number of aromatic nitrogens is 2. The number of methoxy groups -OCH3 is 2. The predicted molar refractivity (Wildman–Crippen MR) is 141 cm³/mol. The summed E-state index contributed by atoms with van der Waals surface area (Å²) < 4.78 is 47.4. The van der Waals surface area contributed by atoms with Gasteiger partial charge in [-0.05, 0) is 59.7 Å². The zero-order valence-electron chi connectivity index (χ0n) is 20.1. The van der Waals surface area contributed by atoms with Crippen molar-refractivity contribution in [2.45, 2.75) is 17.0 Å². The molecule has 0 fully saturated rings. The highest BCUT2D eigenvalue weighted by Crippen LogP contribution is 2.43. The summed E-state index contributed by atoms with van der Waals surface area (Å²) in [5.74, 6) is 0.655. The van der Waals surface area contributed by atoms with E-state index in [1.165, 1.54) is 30.0 Å². The largest absolute Gasteiger partial charge is 0.493 e. The van der Waals surface area contributed by atoms with Crippen molar-refractivity contribution in [2.24, 2.45) is 0 Å². The summed E-state index contributed by atoms with van der Waals surface area (Å²) in [4.78, 5) is 4.89. The Balaban J connectivity index is 1.65. The van der Waals surface area contributed by atoms with Crippen LogP contribution in [-0.2, 0) is 10.5 Å². The minimum absolute atomic E-state index is 0.247. The second-order valence-electron chi connectivity index (χ2n) is 8.34. The second kappa shape index (κ2) is 10.6. The Morgan fingerprint density at radius 2 is 1.84 bits per heavy atom. The summed E-state index contributed by atoms with van der Waals surface area (Å²) in [5, 5.41) is 0.918. The van der Waals surface area contributed by atoms with Gasteiger partial charge in [0.25, 0.3) is 0 Å². The average molecular weight is 541 g/mol. The molecule has 2 heterocycles. The van der Waals surface area contributed by atoms with Crippen LogP contribution >= 0.6 is 23.4 Å². The molecule has 1 aliphatic rings. The molecule has 0 radical (unpaired) electrons. The highest BCUT2D eigenvalue weighted by molar-refractivity contribution is 7.98. The fourth-order valence-corrected chi connectivity index (χ4v) is 5.62. The molecule has 37 heavy (non-hydrogen) atoms. The first kappa shape index (κ1) is 25.3. The molecule has 0 saturated heterocycles. The molecular weight excluding hydrogens is 518 g/mol. The van der Waals surface area contributed by atoms with Gasteiger partial charge in [-0.25, -0.2) is 13.8 Å². The zero-order chi connectivity index (χ0) is 26.1. The maximum atomic E-state index is 14.5. The number of nitrogens with zero attached hydrogens (tertiary/aromatic N) is 2. The van der Waals surface area contributed by atoms with Crippen LogP contribution in [0.3, 0.4) is 0 Å². The molecule has 1 unspecified atom stereocenters. The standard InChI is InChI=1S/C28H23ClF2N2O3S/c1-16-14-36-27(17-7-12-23(34-2)24(13-17)35-3)26-25(16)32-28(33(26)19-10-8-18(30)9-11-19)37-15-20-21(29)5-4-6-22(20)31/h4-13,27H,1,14-15H2,2-3H3. The minimum Gasteiger partial charge on any atom is -0.493 e. The van der Waals surface area contributed by atoms with Gasteiger partial charge in [-0.1, -0.05) is 42.1 Å². The fourth-order valence-electron chi connectivity index (χ4n) is 4.26. The van der Waals surface area contributed by atoms with Crippen LogP contribution in [0.1, 0.15) is 28.6 Å². The molecule has 1 aliphatic heterocycles. The first-order chi connectivity index (χ1) is 17.9. The number of benzene rings is 3. The van der Waals surface area contributed by atoms with Gasteiger partial charge < -0.3 is 14.2 Å². The zero-order valence-corrected chi connectivity index (χ0v) is 21.7. The first-order valence-corrected chi connectivity index (χ1v) is 12.7. The van der Waals surface area contributed by atoms with Gasteiger partial charge in [0.2, 0.25) is 0 Å². The Kier molecular flexibility index (Phi) is 7.24. The topological polar surface area (TPSA) is 45.5 Å². The van der Waals surface area contributed by atoms with E-state index < -0.39 is 6.10 Å². The molecule has 0 bridgehead atoms. The Hall–Kier alpha value is -3.33. The second-order valence-corrected chi connectivity index (χ2v) is 9.69. The van der Waals surface area contributed by atoms with Crippen molar-refractivity contribution in [1.82, 2.24) is 9.55 Å². The molecule has 5 rings (SSSR count). The first-order valence-electron chi connectivity index (χ1n) is 11.4.